The van der Waals surface area contributed by atoms with Gasteiger partial charge in [-0.3, -0.25) is 4.79 Å². The number of ether oxygens (including phenoxy) is 3. The maximum Gasteiger partial charge on any atom is 0.408 e. The molecule has 3 aliphatic carbocycles. The first kappa shape index (κ1) is 19.5. The minimum absolute atomic E-state index is 0.0914. The SMILES string of the molecule is CC(C)(C)OC(=O)NC12CC(NC(=O)C3COc4cc(Cl)c(Cl)cc4O3)(C1)C2. The van der Waals surface area contributed by atoms with Crippen molar-refractivity contribution >= 4 is 35.2 Å². The zero-order valence-corrected chi connectivity index (χ0v) is 17.4. The number of alkyl carbamates (subject to hydrolysis) is 1. The molecule has 4 aliphatic rings. The van der Waals surface area contributed by atoms with Gasteiger partial charge in [0.15, 0.2) is 11.5 Å². The molecule has 3 saturated carbocycles. The van der Waals surface area contributed by atoms with Crippen molar-refractivity contribution in [2.75, 3.05) is 6.61 Å². The molecular formula is C19H22Cl2N2O5. The van der Waals surface area contributed by atoms with Crippen LogP contribution in [0.15, 0.2) is 12.1 Å². The fourth-order valence-electron chi connectivity index (χ4n) is 4.11. The molecule has 9 heteroatoms. The van der Waals surface area contributed by atoms with E-state index >= 15 is 0 Å². The van der Waals surface area contributed by atoms with E-state index in [0.29, 0.717) is 40.8 Å². The molecule has 1 heterocycles. The molecule has 1 atom stereocenters. The Morgan fingerprint density at radius 3 is 2.25 bits per heavy atom. The number of nitrogens with one attached hydrogen (secondary N) is 2. The Morgan fingerprint density at radius 2 is 1.64 bits per heavy atom. The molecule has 2 amide bonds. The third-order valence-electron chi connectivity index (χ3n) is 5.12. The van der Waals surface area contributed by atoms with E-state index in [-0.39, 0.29) is 23.6 Å². The Balaban J connectivity index is 1.30. The summed E-state index contributed by atoms with van der Waals surface area (Å²) >= 11 is 12.0. The topological polar surface area (TPSA) is 85.9 Å². The molecule has 1 aromatic rings. The van der Waals surface area contributed by atoms with Gasteiger partial charge in [0.25, 0.3) is 5.91 Å². The number of fused-ring (bicyclic) bond motifs is 1. The molecule has 0 radical (unpaired) electrons. The number of carbonyl (C=O) groups excluding carboxylic acids is 2. The van der Waals surface area contributed by atoms with Crippen LogP contribution in [-0.4, -0.2) is 41.4 Å². The molecule has 1 unspecified atom stereocenters. The van der Waals surface area contributed by atoms with Crippen molar-refractivity contribution in [3.63, 3.8) is 0 Å². The molecule has 3 fully saturated rings. The van der Waals surface area contributed by atoms with Crippen LogP contribution in [0.2, 0.25) is 10.0 Å². The molecule has 1 aliphatic heterocycles. The van der Waals surface area contributed by atoms with Crippen LogP contribution >= 0.6 is 23.2 Å². The summed E-state index contributed by atoms with van der Waals surface area (Å²) in [6, 6.07) is 3.11. The summed E-state index contributed by atoms with van der Waals surface area (Å²) in [5.74, 6) is 0.605. The van der Waals surface area contributed by atoms with E-state index in [0.717, 1.165) is 0 Å². The Kier molecular flexibility index (Phi) is 4.39. The zero-order chi connectivity index (χ0) is 20.3. The van der Waals surface area contributed by atoms with Gasteiger partial charge in [-0.25, -0.2) is 4.79 Å². The van der Waals surface area contributed by atoms with Gasteiger partial charge in [0.05, 0.1) is 15.6 Å². The lowest BCUT2D eigenvalue weighted by Crippen LogP contribution is -2.84. The molecule has 0 spiro atoms. The predicted molar refractivity (Wildman–Crippen MR) is 103 cm³/mol. The third-order valence-corrected chi connectivity index (χ3v) is 5.85. The van der Waals surface area contributed by atoms with Crippen molar-refractivity contribution in [3.05, 3.63) is 22.2 Å². The first-order valence-corrected chi connectivity index (χ1v) is 9.86. The summed E-state index contributed by atoms with van der Waals surface area (Å²) < 4.78 is 16.6. The molecular weight excluding hydrogens is 407 g/mol. The predicted octanol–water partition coefficient (Wildman–Crippen LogP) is 3.45. The summed E-state index contributed by atoms with van der Waals surface area (Å²) in [5, 5.41) is 6.66. The van der Waals surface area contributed by atoms with Gasteiger partial charge in [0.1, 0.15) is 12.2 Å². The van der Waals surface area contributed by atoms with E-state index in [1.165, 1.54) is 0 Å². The van der Waals surface area contributed by atoms with Crippen molar-refractivity contribution in [2.45, 2.75) is 62.8 Å². The van der Waals surface area contributed by atoms with Crippen LogP contribution < -0.4 is 20.1 Å². The van der Waals surface area contributed by atoms with E-state index in [9.17, 15) is 9.59 Å². The average molecular weight is 429 g/mol. The monoisotopic (exact) mass is 428 g/mol. The maximum absolute atomic E-state index is 12.6. The lowest BCUT2D eigenvalue weighted by molar-refractivity contribution is -0.148. The third kappa shape index (κ3) is 3.57. The number of amides is 2. The lowest BCUT2D eigenvalue weighted by atomic mass is 9.44. The van der Waals surface area contributed by atoms with Gasteiger partial charge in [-0.05, 0) is 40.0 Å². The number of benzene rings is 1. The van der Waals surface area contributed by atoms with Crippen LogP contribution in [0.5, 0.6) is 11.5 Å². The molecule has 5 rings (SSSR count). The number of hydrogen-bond acceptors (Lipinski definition) is 5. The highest BCUT2D eigenvalue weighted by molar-refractivity contribution is 6.42. The van der Waals surface area contributed by atoms with Gasteiger partial charge in [-0.1, -0.05) is 23.2 Å². The van der Waals surface area contributed by atoms with E-state index < -0.39 is 17.8 Å². The average Bonchev–Trinajstić information content (AvgIpc) is 2.50. The number of carbonyl (C=O) groups is 2. The van der Waals surface area contributed by atoms with Gasteiger partial charge in [-0.2, -0.15) is 0 Å². The van der Waals surface area contributed by atoms with Gasteiger partial charge >= 0.3 is 6.09 Å². The first-order valence-electron chi connectivity index (χ1n) is 9.10. The smallest absolute Gasteiger partial charge is 0.408 e. The van der Waals surface area contributed by atoms with Crippen LogP contribution in [0, 0.1) is 0 Å². The van der Waals surface area contributed by atoms with Crippen molar-refractivity contribution in [3.8, 4) is 11.5 Å². The van der Waals surface area contributed by atoms with Gasteiger partial charge in [0, 0.05) is 17.7 Å². The highest BCUT2D eigenvalue weighted by atomic mass is 35.5. The van der Waals surface area contributed by atoms with Crippen molar-refractivity contribution in [1.82, 2.24) is 10.6 Å². The van der Waals surface area contributed by atoms with Crippen molar-refractivity contribution < 1.29 is 23.8 Å². The molecule has 0 aromatic heterocycles. The fourth-order valence-corrected chi connectivity index (χ4v) is 4.42. The second-order valence-electron chi connectivity index (χ2n) is 8.84. The standard InChI is InChI=1S/C19H22Cl2N2O5/c1-17(2,3)28-16(25)23-19-7-18(8-19,9-19)22-15(24)14-6-26-12-4-10(20)11(21)5-13(12)27-14/h4-5,14H,6-9H2,1-3H3,(H,22,24)(H,23,25). The first-order chi connectivity index (χ1) is 13.0. The minimum Gasteiger partial charge on any atom is -0.485 e. The molecule has 0 saturated heterocycles. The van der Waals surface area contributed by atoms with Gasteiger partial charge in [-0.15, -0.1) is 0 Å². The molecule has 2 bridgehead atoms. The Morgan fingerprint density at radius 1 is 1.07 bits per heavy atom. The Hall–Kier alpha value is -1.86. The van der Waals surface area contributed by atoms with E-state index in [4.69, 9.17) is 37.4 Å². The van der Waals surface area contributed by atoms with Crippen LogP contribution in [-0.2, 0) is 9.53 Å². The molecule has 7 nitrogen and oxygen atoms in total. The zero-order valence-electron chi connectivity index (χ0n) is 15.9. The number of halogens is 2. The van der Waals surface area contributed by atoms with Crippen LogP contribution in [0.1, 0.15) is 40.0 Å². The highest BCUT2D eigenvalue weighted by Crippen LogP contribution is 2.60. The van der Waals surface area contributed by atoms with Gasteiger partial charge in [0.2, 0.25) is 6.10 Å². The summed E-state index contributed by atoms with van der Waals surface area (Å²) in [7, 11) is 0. The second kappa shape index (κ2) is 6.32. The molecule has 28 heavy (non-hydrogen) atoms. The van der Waals surface area contributed by atoms with Crippen molar-refractivity contribution in [1.29, 1.82) is 0 Å². The summed E-state index contributed by atoms with van der Waals surface area (Å²) in [5.41, 5.74) is -1.12. The summed E-state index contributed by atoms with van der Waals surface area (Å²) in [4.78, 5) is 24.6. The van der Waals surface area contributed by atoms with Crippen LogP contribution in [0.3, 0.4) is 0 Å². The fraction of sp³-hybridized carbons (Fsp3) is 0.579. The molecule has 1 aromatic carbocycles. The van der Waals surface area contributed by atoms with E-state index in [1.54, 1.807) is 12.1 Å². The van der Waals surface area contributed by atoms with Gasteiger partial charge < -0.3 is 24.8 Å². The maximum atomic E-state index is 12.6. The van der Waals surface area contributed by atoms with E-state index in [1.807, 2.05) is 20.8 Å². The van der Waals surface area contributed by atoms with Crippen LogP contribution in [0.4, 0.5) is 4.79 Å². The minimum atomic E-state index is -0.770. The highest BCUT2D eigenvalue weighted by Gasteiger charge is 2.69. The number of rotatable bonds is 3. The number of hydrogen-bond donors (Lipinski definition) is 2. The lowest BCUT2D eigenvalue weighted by Gasteiger charge is -2.70. The largest absolute Gasteiger partial charge is 0.485 e. The normalized spacial score (nSPS) is 29.8. The van der Waals surface area contributed by atoms with E-state index in [2.05, 4.69) is 10.6 Å². The second-order valence-corrected chi connectivity index (χ2v) is 9.65. The summed E-state index contributed by atoms with van der Waals surface area (Å²) in [6.07, 6.45) is 0.834. The quantitative estimate of drug-likeness (QED) is 0.769. The Bertz CT molecular complexity index is 832. The molecule has 2 N–H and O–H groups in total. The van der Waals surface area contributed by atoms with Crippen molar-refractivity contribution in [2.24, 2.45) is 0 Å². The molecule has 152 valence electrons. The Labute approximate surface area is 173 Å². The van der Waals surface area contributed by atoms with Crippen LogP contribution in [0.25, 0.3) is 0 Å². The summed E-state index contributed by atoms with van der Waals surface area (Å²) in [6.45, 7) is 5.56.